The van der Waals surface area contributed by atoms with Gasteiger partial charge in [-0.25, -0.2) is 0 Å². The predicted octanol–water partition coefficient (Wildman–Crippen LogP) is 7.41. The third kappa shape index (κ3) is 9.02. The van der Waals surface area contributed by atoms with Crippen LogP contribution in [0, 0.1) is 11.3 Å². The minimum absolute atomic E-state index is 0.0296. The number of fused-ring (bicyclic) bond motifs is 1. The Morgan fingerprint density at radius 1 is 0.925 bits per heavy atom. The van der Waals surface area contributed by atoms with Crippen molar-refractivity contribution in [3.05, 3.63) is 148 Å². The molecule has 2 heterocycles. The molecule has 3 N–H and O–H groups in total. The van der Waals surface area contributed by atoms with Crippen molar-refractivity contribution < 1.29 is 23.9 Å². The average Bonchev–Trinajstić information content (AvgIpc) is 3.53. The summed E-state index contributed by atoms with van der Waals surface area (Å²) in [6.07, 6.45) is 2.13. The molecule has 0 radical (unpaired) electrons. The first kappa shape index (κ1) is 36.6. The van der Waals surface area contributed by atoms with E-state index < -0.39 is 17.1 Å². The number of carbonyl (C=O) groups excluding carboxylic acids is 4. The van der Waals surface area contributed by atoms with Crippen molar-refractivity contribution in [2.75, 3.05) is 24.3 Å². The molecule has 4 amide bonds. The third-order valence-electron chi connectivity index (χ3n) is 8.49. The van der Waals surface area contributed by atoms with Crippen LogP contribution in [0.25, 0.3) is 6.08 Å². The summed E-state index contributed by atoms with van der Waals surface area (Å²) in [5, 5.41) is 18.5. The minimum atomic E-state index is -0.711. The van der Waals surface area contributed by atoms with Gasteiger partial charge in [0.05, 0.1) is 19.2 Å². The quantitative estimate of drug-likeness (QED) is 0.0946. The van der Waals surface area contributed by atoms with Crippen molar-refractivity contribution in [1.29, 1.82) is 5.26 Å². The number of methoxy groups -OCH3 is 1. The summed E-state index contributed by atoms with van der Waals surface area (Å²) in [6.45, 7) is 2.45. The predicted molar refractivity (Wildman–Crippen MR) is 207 cm³/mol. The van der Waals surface area contributed by atoms with Gasteiger partial charge in [0.25, 0.3) is 11.8 Å². The van der Waals surface area contributed by atoms with E-state index >= 15 is 0 Å². The zero-order valence-electron chi connectivity index (χ0n) is 28.9. The van der Waals surface area contributed by atoms with Crippen LogP contribution in [-0.4, -0.2) is 42.2 Å². The first-order valence-corrected chi connectivity index (χ1v) is 18.4. The van der Waals surface area contributed by atoms with E-state index in [1.807, 2.05) is 36.4 Å². The topological polar surface area (TPSA) is 141 Å². The number of thioether (sulfide) groups is 1. The largest absolute Gasteiger partial charge is 0.497 e. The second kappa shape index (κ2) is 16.9. The molecule has 0 bridgehead atoms. The van der Waals surface area contributed by atoms with E-state index in [1.165, 1.54) is 30.0 Å². The van der Waals surface area contributed by atoms with E-state index in [2.05, 4.69) is 22.0 Å². The maximum Gasteiger partial charge on any atom is 0.272 e. The number of anilines is 2. The molecule has 0 fully saturated rings. The summed E-state index contributed by atoms with van der Waals surface area (Å²) in [6, 6.07) is 34.4. The van der Waals surface area contributed by atoms with E-state index in [1.54, 1.807) is 90.9 Å². The number of carbonyl (C=O) groups is 4. The summed E-state index contributed by atoms with van der Waals surface area (Å²) in [7, 11) is 1.57. The van der Waals surface area contributed by atoms with Gasteiger partial charge < -0.3 is 25.6 Å². The Balaban J connectivity index is 1.23. The SMILES string of the molecule is COc1ccc(/C=C(/NC(=O)c2ccccc2)C(=O)Nc2cccc(SC(C(=O)Nc3sc4c(c3C#N)CCN(C(C)=O)C4)c3ccccc3)c2)cc1. The van der Waals surface area contributed by atoms with Crippen LogP contribution >= 0.6 is 23.1 Å². The molecule has 1 unspecified atom stereocenters. The van der Waals surface area contributed by atoms with Gasteiger partial charge in [-0.15, -0.1) is 23.1 Å². The zero-order valence-corrected chi connectivity index (χ0v) is 30.6. The lowest BCUT2D eigenvalue weighted by atomic mass is 10.0. The number of rotatable bonds is 11. The molecule has 1 aromatic heterocycles. The summed E-state index contributed by atoms with van der Waals surface area (Å²) in [4.78, 5) is 56.2. The van der Waals surface area contributed by atoms with Crippen LogP contribution in [0.3, 0.4) is 0 Å². The van der Waals surface area contributed by atoms with Crippen molar-refractivity contribution in [2.24, 2.45) is 0 Å². The lowest BCUT2D eigenvalue weighted by Crippen LogP contribution is -2.33. The monoisotopic (exact) mass is 741 g/mol. The molecule has 12 heteroatoms. The Morgan fingerprint density at radius 2 is 1.64 bits per heavy atom. The first-order chi connectivity index (χ1) is 25.7. The molecular formula is C41H35N5O5S2. The second-order valence-electron chi connectivity index (χ2n) is 12.0. The molecule has 1 aliphatic heterocycles. The van der Waals surface area contributed by atoms with Crippen molar-refractivity contribution in [3.8, 4) is 11.8 Å². The molecule has 10 nitrogen and oxygen atoms in total. The second-order valence-corrected chi connectivity index (χ2v) is 14.3. The van der Waals surface area contributed by atoms with Gasteiger partial charge in [-0.05, 0) is 71.7 Å². The van der Waals surface area contributed by atoms with Crippen LogP contribution in [0.5, 0.6) is 5.75 Å². The van der Waals surface area contributed by atoms with Gasteiger partial charge in [-0.3, -0.25) is 19.2 Å². The average molecular weight is 742 g/mol. The smallest absolute Gasteiger partial charge is 0.272 e. The number of thiophene rings is 1. The molecule has 0 aliphatic carbocycles. The molecule has 4 aromatic carbocycles. The molecule has 5 aromatic rings. The molecule has 0 spiro atoms. The third-order valence-corrected chi connectivity index (χ3v) is 10.9. The fourth-order valence-corrected chi connectivity index (χ4v) is 8.05. The standard InChI is InChI=1S/C41H35N5O5S2/c1-26(47)46-21-20-33-34(24-42)41(53-36(33)25-46)45-40(50)37(28-10-5-3-6-11-28)52-32-15-9-14-30(23-32)43-39(49)35(22-27-16-18-31(51-2)19-17-27)44-38(48)29-12-7-4-8-13-29/h3-19,22-23,37H,20-21,25H2,1-2H3,(H,43,49)(H,44,48)(H,45,50)/b35-22+. The number of hydrogen-bond acceptors (Lipinski definition) is 8. The highest BCUT2D eigenvalue weighted by Gasteiger charge is 2.29. The fourth-order valence-electron chi connectivity index (χ4n) is 5.75. The first-order valence-electron chi connectivity index (χ1n) is 16.7. The number of ether oxygens (including phenoxy) is 1. The zero-order chi connectivity index (χ0) is 37.3. The number of nitriles is 1. The van der Waals surface area contributed by atoms with Crippen molar-refractivity contribution >= 4 is 63.5 Å². The van der Waals surface area contributed by atoms with Gasteiger partial charge >= 0.3 is 0 Å². The maximum atomic E-state index is 14.0. The Kier molecular flexibility index (Phi) is 11.7. The maximum absolute atomic E-state index is 14.0. The Morgan fingerprint density at radius 3 is 2.32 bits per heavy atom. The van der Waals surface area contributed by atoms with E-state index in [0.29, 0.717) is 57.5 Å². The van der Waals surface area contributed by atoms with E-state index in [0.717, 1.165) is 16.0 Å². The highest BCUT2D eigenvalue weighted by atomic mass is 32.2. The van der Waals surface area contributed by atoms with Crippen LogP contribution in [0.1, 0.15) is 49.7 Å². The summed E-state index contributed by atoms with van der Waals surface area (Å²) in [5.74, 6) is -0.683. The lowest BCUT2D eigenvalue weighted by Gasteiger charge is -2.25. The highest BCUT2D eigenvalue weighted by Crippen LogP contribution is 2.40. The van der Waals surface area contributed by atoms with Crippen LogP contribution < -0.4 is 20.7 Å². The van der Waals surface area contributed by atoms with Gasteiger partial charge in [-0.2, -0.15) is 5.26 Å². The van der Waals surface area contributed by atoms with Gasteiger partial charge in [0.15, 0.2) is 0 Å². The van der Waals surface area contributed by atoms with Gasteiger partial charge in [0.1, 0.15) is 27.8 Å². The molecule has 53 heavy (non-hydrogen) atoms. The molecule has 0 saturated carbocycles. The molecular weight excluding hydrogens is 707 g/mol. The highest BCUT2D eigenvalue weighted by molar-refractivity contribution is 8.00. The number of hydrogen-bond donors (Lipinski definition) is 3. The van der Waals surface area contributed by atoms with Crippen molar-refractivity contribution in [1.82, 2.24) is 10.2 Å². The minimum Gasteiger partial charge on any atom is -0.497 e. The van der Waals surface area contributed by atoms with Crippen LogP contribution in [-0.2, 0) is 27.3 Å². The molecule has 266 valence electrons. The van der Waals surface area contributed by atoms with Gasteiger partial charge in [-0.1, -0.05) is 66.7 Å². The Labute approximate surface area is 315 Å². The molecule has 1 atom stereocenters. The van der Waals surface area contributed by atoms with Crippen LogP contribution in [0.4, 0.5) is 10.7 Å². The molecule has 6 rings (SSSR count). The van der Waals surface area contributed by atoms with Crippen molar-refractivity contribution in [2.45, 2.75) is 30.0 Å². The number of amides is 4. The number of nitrogens with one attached hydrogen (secondary N) is 3. The van der Waals surface area contributed by atoms with Gasteiger partial charge in [0.2, 0.25) is 11.8 Å². The van der Waals surface area contributed by atoms with Crippen LogP contribution in [0.2, 0.25) is 0 Å². The molecule has 0 saturated heterocycles. The number of benzene rings is 4. The van der Waals surface area contributed by atoms with E-state index in [4.69, 9.17) is 4.74 Å². The summed E-state index contributed by atoms with van der Waals surface area (Å²) in [5.41, 5.74) is 3.61. The van der Waals surface area contributed by atoms with Crippen molar-refractivity contribution in [3.63, 3.8) is 0 Å². The number of nitrogens with zero attached hydrogens (tertiary/aromatic N) is 2. The summed E-state index contributed by atoms with van der Waals surface area (Å²) < 4.78 is 5.25. The van der Waals surface area contributed by atoms with E-state index in [9.17, 15) is 24.4 Å². The van der Waals surface area contributed by atoms with Crippen LogP contribution in [0.15, 0.2) is 120 Å². The fraction of sp³-hybridized carbons (Fsp3) is 0.146. The van der Waals surface area contributed by atoms with Gasteiger partial charge in [0, 0.05) is 34.5 Å². The molecule has 1 aliphatic rings. The normalized spacial score (nSPS) is 12.8. The van der Waals surface area contributed by atoms with E-state index in [-0.39, 0.29) is 17.5 Å². The lowest BCUT2D eigenvalue weighted by molar-refractivity contribution is -0.129. The Hall–Kier alpha value is -6.16. The Bertz CT molecular complexity index is 2210. The summed E-state index contributed by atoms with van der Waals surface area (Å²) >= 11 is 2.62.